The highest BCUT2D eigenvalue weighted by Crippen LogP contribution is 2.29. The Morgan fingerprint density at radius 2 is 1.91 bits per heavy atom. The smallest absolute Gasteiger partial charge is 0.277 e. The number of carbonyl (C=O) groups is 1. The molecule has 0 saturated carbocycles. The third kappa shape index (κ3) is 3.89. The summed E-state index contributed by atoms with van der Waals surface area (Å²) in [6.45, 7) is 9.97. The van der Waals surface area contributed by atoms with Gasteiger partial charge in [0.2, 0.25) is 5.91 Å². The molecule has 0 N–H and O–H groups in total. The zero-order valence-corrected chi connectivity index (χ0v) is 15.1. The molecule has 0 aromatic carbocycles. The first-order valence-corrected chi connectivity index (χ1v) is 9.02. The minimum atomic E-state index is -0.263. The van der Waals surface area contributed by atoms with Crippen molar-refractivity contribution < 1.29 is 9.21 Å². The third-order valence-corrected chi connectivity index (χ3v) is 4.91. The molecule has 0 spiro atoms. The Kier molecular flexibility index (Phi) is 5.63. The number of nitrogens with zero attached hydrogens (tertiary/aromatic N) is 3. The van der Waals surface area contributed by atoms with E-state index >= 15 is 0 Å². The minimum absolute atomic E-state index is 0.0888. The highest BCUT2D eigenvalue weighted by molar-refractivity contribution is 8.00. The number of rotatable bonds is 6. The van der Waals surface area contributed by atoms with Crippen LogP contribution in [0, 0.1) is 0 Å². The Morgan fingerprint density at radius 1 is 1.23 bits per heavy atom. The topological polar surface area (TPSA) is 59.2 Å². The van der Waals surface area contributed by atoms with Gasteiger partial charge in [-0.25, -0.2) is 0 Å². The van der Waals surface area contributed by atoms with Crippen LogP contribution in [0.4, 0.5) is 0 Å². The van der Waals surface area contributed by atoms with Gasteiger partial charge in [0.25, 0.3) is 11.1 Å². The van der Waals surface area contributed by atoms with Crippen LogP contribution in [-0.4, -0.2) is 38.3 Å². The van der Waals surface area contributed by atoms with Crippen molar-refractivity contribution in [2.24, 2.45) is 0 Å². The van der Waals surface area contributed by atoms with Crippen LogP contribution in [0.25, 0.3) is 10.8 Å². The average molecular weight is 339 g/mol. The lowest BCUT2D eigenvalue weighted by molar-refractivity contribution is -0.133. The van der Waals surface area contributed by atoms with Gasteiger partial charge in [-0.15, -0.1) is 21.5 Å². The third-order valence-electron chi connectivity index (χ3n) is 3.13. The first-order chi connectivity index (χ1) is 10.4. The summed E-state index contributed by atoms with van der Waals surface area (Å²) in [4.78, 5) is 15.4. The van der Waals surface area contributed by atoms with Gasteiger partial charge in [0.15, 0.2) is 0 Å². The van der Waals surface area contributed by atoms with E-state index in [0.29, 0.717) is 11.1 Å². The lowest BCUT2D eigenvalue weighted by Gasteiger charge is -2.32. The van der Waals surface area contributed by atoms with Gasteiger partial charge >= 0.3 is 0 Å². The number of aromatic nitrogens is 2. The van der Waals surface area contributed by atoms with Gasteiger partial charge in [-0.1, -0.05) is 17.8 Å². The number of amides is 1. The van der Waals surface area contributed by atoms with Gasteiger partial charge in [0, 0.05) is 12.1 Å². The molecule has 0 saturated heterocycles. The molecule has 2 rings (SSSR count). The fourth-order valence-corrected chi connectivity index (χ4v) is 3.66. The zero-order chi connectivity index (χ0) is 16.3. The first-order valence-electron chi connectivity index (χ1n) is 7.26. The van der Waals surface area contributed by atoms with E-state index in [4.69, 9.17) is 4.42 Å². The fourth-order valence-electron chi connectivity index (χ4n) is 2.27. The van der Waals surface area contributed by atoms with Crippen molar-refractivity contribution in [1.82, 2.24) is 15.1 Å². The highest BCUT2D eigenvalue weighted by Gasteiger charge is 2.27. The monoisotopic (exact) mass is 339 g/mol. The minimum Gasteiger partial charge on any atom is -0.410 e. The summed E-state index contributed by atoms with van der Waals surface area (Å²) in [5, 5.41) is 10.2. The van der Waals surface area contributed by atoms with Crippen molar-refractivity contribution in [3.63, 3.8) is 0 Å². The Bertz CT molecular complexity index is 600. The van der Waals surface area contributed by atoms with Crippen molar-refractivity contribution >= 4 is 29.0 Å². The quantitative estimate of drug-likeness (QED) is 0.746. The number of carbonyl (C=O) groups excluding carboxylic acids is 1. The molecule has 7 heteroatoms. The summed E-state index contributed by atoms with van der Waals surface area (Å²) in [7, 11) is 0. The Labute approximate surface area is 139 Å². The predicted molar refractivity (Wildman–Crippen MR) is 90.0 cm³/mol. The maximum absolute atomic E-state index is 12.6. The molecule has 0 bridgehead atoms. The summed E-state index contributed by atoms with van der Waals surface area (Å²) in [6, 6.07) is 4.20. The van der Waals surface area contributed by atoms with Crippen molar-refractivity contribution in [3.05, 3.63) is 17.5 Å². The fraction of sp³-hybridized carbons (Fsp3) is 0.533. The maximum Gasteiger partial charge on any atom is 0.277 e. The van der Waals surface area contributed by atoms with Crippen LogP contribution in [0.2, 0.25) is 0 Å². The second-order valence-electron chi connectivity index (χ2n) is 5.54. The van der Waals surface area contributed by atoms with Gasteiger partial charge in [-0.05, 0) is 46.1 Å². The highest BCUT2D eigenvalue weighted by atomic mass is 32.2. The Hall–Kier alpha value is -1.34. The first kappa shape index (κ1) is 17.0. The molecule has 2 heterocycles. The summed E-state index contributed by atoms with van der Waals surface area (Å²) >= 11 is 2.85. The molecular weight excluding hydrogens is 318 g/mol. The average Bonchev–Trinajstić information content (AvgIpc) is 3.07. The molecule has 1 unspecified atom stereocenters. The molecule has 2 aromatic heterocycles. The van der Waals surface area contributed by atoms with Crippen LogP contribution in [0.5, 0.6) is 0 Å². The molecule has 22 heavy (non-hydrogen) atoms. The molecule has 1 amide bonds. The molecule has 0 fully saturated rings. The number of hydrogen-bond donors (Lipinski definition) is 0. The van der Waals surface area contributed by atoms with E-state index in [9.17, 15) is 4.79 Å². The lowest BCUT2D eigenvalue weighted by atomic mass is 10.2. The summed E-state index contributed by atoms with van der Waals surface area (Å²) in [6.07, 6.45) is 0. The van der Waals surface area contributed by atoms with Crippen LogP contribution in [0.1, 0.15) is 34.6 Å². The Morgan fingerprint density at radius 3 is 2.45 bits per heavy atom. The van der Waals surface area contributed by atoms with Gasteiger partial charge in [0.1, 0.15) is 0 Å². The molecule has 0 radical (unpaired) electrons. The summed E-state index contributed by atoms with van der Waals surface area (Å²) in [5.74, 6) is 0.590. The van der Waals surface area contributed by atoms with E-state index in [1.807, 2.05) is 57.0 Å². The molecule has 0 aliphatic heterocycles. The van der Waals surface area contributed by atoms with Gasteiger partial charge in [0.05, 0.1) is 10.1 Å². The van der Waals surface area contributed by atoms with E-state index in [2.05, 4.69) is 10.2 Å². The predicted octanol–water partition coefficient (Wildman–Crippen LogP) is 3.92. The van der Waals surface area contributed by atoms with E-state index in [1.165, 1.54) is 11.8 Å². The lowest BCUT2D eigenvalue weighted by Crippen LogP contribution is -2.45. The molecule has 5 nitrogen and oxygen atoms in total. The molecule has 120 valence electrons. The normalized spacial score (nSPS) is 12.9. The van der Waals surface area contributed by atoms with E-state index in [1.54, 1.807) is 11.3 Å². The van der Waals surface area contributed by atoms with Crippen LogP contribution in [0.15, 0.2) is 27.2 Å². The molecule has 0 aliphatic rings. The van der Waals surface area contributed by atoms with Crippen molar-refractivity contribution in [1.29, 1.82) is 0 Å². The summed E-state index contributed by atoms with van der Waals surface area (Å²) in [5.41, 5.74) is 0. The van der Waals surface area contributed by atoms with Crippen molar-refractivity contribution in [2.45, 2.75) is 57.2 Å². The van der Waals surface area contributed by atoms with Crippen LogP contribution in [0.3, 0.4) is 0 Å². The number of thioether (sulfide) groups is 1. The van der Waals surface area contributed by atoms with Crippen molar-refractivity contribution in [3.8, 4) is 10.8 Å². The number of hydrogen-bond acceptors (Lipinski definition) is 6. The van der Waals surface area contributed by atoms with Crippen LogP contribution >= 0.6 is 23.1 Å². The SMILES string of the molecule is CC(Sc1nnc(-c2cccs2)o1)C(=O)N(C(C)C)C(C)C. The van der Waals surface area contributed by atoms with Gasteiger partial charge < -0.3 is 9.32 Å². The van der Waals surface area contributed by atoms with Gasteiger partial charge in [-0.3, -0.25) is 4.79 Å². The molecule has 0 aliphatic carbocycles. The van der Waals surface area contributed by atoms with Gasteiger partial charge in [-0.2, -0.15) is 0 Å². The second-order valence-corrected chi connectivity index (χ2v) is 7.78. The van der Waals surface area contributed by atoms with Crippen LogP contribution in [-0.2, 0) is 4.79 Å². The Balaban J connectivity index is 2.05. The van der Waals surface area contributed by atoms with E-state index in [-0.39, 0.29) is 23.2 Å². The standard InChI is InChI=1S/C15H21N3O2S2/c1-9(2)18(10(3)4)14(19)11(5)22-15-17-16-13(20-15)12-7-6-8-21-12/h6-11H,1-5H3. The maximum atomic E-state index is 12.6. The van der Waals surface area contributed by atoms with Crippen molar-refractivity contribution in [2.75, 3.05) is 0 Å². The molecule has 1 atom stereocenters. The molecule has 2 aromatic rings. The largest absolute Gasteiger partial charge is 0.410 e. The van der Waals surface area contributed by atoms with E-state index < -0.39 is 0 Å². The van der Waals surface area contributed by atoms with E-state index in [0.717, 1.165) is 4.88 Å². The molecular formula is C15H21N3O2S2. The second kappa shape index (κ2) is 7.28. The zero-order valence-electron chi connectivity index (χ0n) is 13.4. The number of thiophene rings is 1. The summed E-state index contributed by atoms with van der Waals surface area (Å²) < 4.78 is 5.63. The van der Waals surface area contributed by atoms with Crippen LogP contribution < -0.4 is 0 Å².